The Bertz CT molecular complexity index is 957. The SMILES string of the molecule is CN(c1ccccc1)c1nc(-c2ccccc2)ncc1C(=O)NCC1CCCO1. The molecule has 0 bridgehead atoms. The first-order chi connectivity index (χ1) is 14.2. The highest BCUT2D eigenvalue weighted by atomic mass is 16.5. The van der Waals surface area contributed by atoms with Crippen LogP contribution >= 0.6 is 0 Å². The van der Waals surface area contributed by atoms with Crippen molar-refractivity contribution in [3.8, 4) is 11.4 Å². The van der Waals surface area contributed by atoms with E-state index in [-0.39, 0.29) is 12.0 Å². The molecular formula is C23H24N4O2. The zero-order valence-corrected chi connectivity index (χ0v) is 16.4. The molecule has 3 aromatic rings. The molecule has 1 atom stereocenters. The number of nitrogens with zero attached hydrogens (tertiary/aromatic N) is 3. The lowest BCUT2D eigenvalue weighted by Gasteiger charge is -2.22. The van der Waals surface area contributed by atoms with Gasteiger partial charge in [-0.05, 0) is 25.0 Å². The molecule has 1 N–H and O–H groups in total. The average molecular weight is 388 g/mol. The summed E-state index contributed by atoms with van der Waals surface area (Å²) in [5.41, 5.74) is 2.29. The van der Waals surface area contributed by atoms with Crippen molar-refractivity contribution in [3.05, 3.63) is 72.4 Å². The van der Waals surface area contributed by atoms with Gasteiger partial charge >= 0.3 is 0 Å². The number of amides is 1. The lowest BCUT2D eigenvalue weighted by atomic mass is 10.2. The normalized spacial score (nSPS) is 15.8. The Balaban J connectivity index is 1.66. The van der Waals surface area contributed by atoms with Crippen LogP contribution in [0.15, 0.2) is 66.9 Å². The molecule has 4 rings (SSSR count). The lowest BCUT2D eigenvalue weighted by molar-refractivity contribution is 0.0857. The zero-order chi connectivity index (χ0) is 20.1. The van der Waals surface area contributed by atoms with E-state index in [0.29, 0.717) is 23.8 Å². The minimum absolute atomic E-state index is 0.0822. The van der Waals surface area contributed by atoms with Crippen LogP contribution in [0.4, 0.5) is 11.5 Å². The monoisotopic (exact) mass is 388 g/mol. The highest BCUT2D eigenvalue weighted by molar-refractivity contribution is 5.99. The minimum Gasteiger partial charge on any atom is -0.376 e. The lowest BCUT2D eigenvalue weighted by Crippen LogP contribution is -2.33. The van der Waals surface area contributed by atoms with E-state index in [9.17, 15) is 4.79 Å². The first-order valence-corrected chi connectivity index (χ1v) is 9.83. The fraction of sp³-hybridized carbons (Fsp3) is 0.261. The molecule has 2 heterocycles. The predicted octanol–water partition coefficient (Wildman–Crippen LogP) is 3.82. The van der Waals surface area contributed by atoms with Crippen molar-refractivity contribution >= 4 is 17.4 Å². The molecule has 0 aliphatic carbocycles. The Labute approximate surface area is 170 Å². The molecule has 1 amide bonds. The topological polar surface area (TPSA) is 67.4 Å². The van der Waals surface area contributed by atoms with Crippen molar-refractivity contribution in [2.24, 2.45) is 0 Å². The van der Waals surface area contributed by atoms with Crippen molar-refractivity contribution in [1.29, 1.82) is 0 Å². The maximum Gasteiger partial charge on any atom is 0.256 e. The van der Waals surface area contributed by atoms with Crippen molar-refractivity contribution in [1.82, 2.24) is 15.3 Å². The van der Waals surface area contributed by atoms with Crippen molar-refractivity contribution in [2.75, 3.05) is 25.1 Å². The number of hydrogen-bond donors (Lipinski definition) is 1. The van der Waals surface area contributed by atoms with E-state index in [2.05, 4.69) is 10.3 Å². The second kappa shape index (κ2) is 8.84. The van der Waals surface area contributed by atoms with Gasteiger partial charge in [-0.2, -0.15) is 0 Å². The predicted molar refractivity (Wildman–Crippen MR) is 113 cm³/mol. The van der Waals surface area contributed by atoms with Gasteiger partial charge in [-0.1, -0.05) is 48.5 Å². The first-order valence-electron chi connectivity index (χ1n) is 9.83. The highest BCUT2D eigenvalue weighted by Gasteiger charge is 2.21. The molecule has 1 aliphatic rings. The first kappa shape index (κ1) is 19.1. The zero-order valence-electron chi connectivity index (χ0n) is 16.4. The molecule has 6 heteroatoms. The third kappa shape index (κ3) is 4.43. The summed E-state index contributed by atoms with van der Waals surface area (Å²) >= 11 is 0. The molecule has 1 aromatic heterocycles. The molecule has 2 aromatic carbocycles. The Morgan fingerprint density at radius 1 is 1.14 bits per heavy atom. The molecule has 0 saturated carbocycles. The maximum absolute atomic E-state index is 12.9. The summed E-state index contributed by atoms with van der Waals surface area (Å²) in [5, 5.41) is 2.98. The standard InChI is InChI=1S/C23H24N4O2/c1-27(18-11-6-3-7-12-18)22-20(23(28)25-15-19-13-8-14-29-19)16-24-21(26-22)17-9-4-2-5-10-17/h2-7,9-12,16,19H,8,13-15H2,1H3,(H,25,28). The number of carbonyl (C=O) groups excluding carboxylic acids is 1. The molecule has 1 fully saturated rings. The second-order valence-corrected chi connectivity index (χ2v) is 7.04. The Kier molecular flexibility index (Phi) is 5.81. The van der Waals surface area contributed by atoms with Gasteiger partial charge in [-0.15, -0.1) is 0 Å². The number of benzene rings is 2. The fourth-order valence-electron chi connectivity index (χ4n) is 3.40. The number of rotatable bonds is 6. The Morgan fingerprint density at radius 3 is 2.55 bits per heavy atom. The Morgan fingerprint density at radius 2 is 1.86 bits per heavy atom. The van der Waals surface area contributed by atoms with E-state index in [4.69, 9.17) is 9.72 Å². The fourth-order valence-corrected chi connectivity index (χ4v) is 3.40. The number of para-hydroxylation sites is 1. The van der Waals surface area contributed by atoms with Gasteiger partial charge in [0.1, 0.15) is 11.4 Å². The number of aromatic nitrogens is 2. The van der Waals surface area contributed by atoms with Crippen LogP contribution < -0.4 is 10.2 Å². The van der Waals surface area contributed by atoms with Crippen LogP contribution in [-0.4, -0.2) is 42.2 Å². The van der Waals surface area contributed by atoms with Crippen LogP contribution in [0, 0.1) is 0 Å². The minimum atomic E-state index is -0.196. The van der Waals surface area contributed by atoms with Crippen molar-refractivity contribution < 1.29 is 9.53 Å². The molecule has 29 heavy (non-hydrogen) atoms. The van der Waals surface area contributed by atoms with E-state index in [0.717, 1.165) is 30.7 Å². The molecule has 0 radical (unpaired) electrons. The summed E-state index contributed by atoms with van der Waals surface area (Å²) in [6, 6.07) is 19.6. The van der Waals surface area contributed by atoms with Gasteiger partial charge in [-0.3, -0.25) is 4.79 Å². The highest BCUT2D eigenvalue weighted by Crippen LogP contribution is 2.27. The largest absolute Gasteiger partial charge is 0.376 e. The summed E-state index contributed by atoms with van der Waals surface area (Å²) in [6.45, 7) is 1.26. The number of carbonyl (C=O) groups is 1. The van der Waals surface area contributed by atoms with E-state index in [1.54, 1.807) is 6.20 Å². The summed E-state index contributed by atoms with van der Waals surface area (Å²) in [4.78, 5) is 24.0. The van der Waals surface area contributed by atoms with Crippen molar-refractivity contribution in [3.63, 3.8) is 0 Å². The molecule has 1 unspecified atom stereocenters. The van der Waals surface area contributed by atoms with E-state index >= 15 is 0 Å². The smallest absolute Gasteiger partial charge is 0.256 e. The number of nitrogens with one attached hydrogen (secondary N) is 1. The van der Waals surface area contributed by atoms with Gasteiger partial charge in [-0.25, -0.2) is 9.97 Å². The average Bonchev–Trinajstić information content (AvgIpc) is 3.31. The van der Waals surface area contributed by atoms with Crippen LogP contribution in [-0.2, 0) is 4.74 Å². The van der Waals surface area contributed by atoms with Gasteiger partial charge in [0.05, 0.1) is 6.10 Å². The van der Waals surface area contributed by atoms with Gasteiger partial charge in [0.2, 0.25) is 0 Å². The third-order valence-electron chi connectivity index (χ3n) is 5.02. The van der Waals surface area contributed by atoms with Gasteiger partial charge in [0.25, 0.3) is 5.91 Å². The Hall–Kier alpha value is -3.25. The molecule has 148 valence electrons. The van der Waals surface area contributed by atoms with Gasteiger partial charge in [0, 0.05) is 37.6 Å². The van der Waals surface area contributed by atoms with Crippen LogP contribution in [0.1, 0.15) is 23.2 Å². The van der Waals surface area contributed by atoms with Gasteiger partial charge in [0.15, 0.2) is 5.82 Å². The summed E-state index contributed by atoms with van der Waals surface area (Å²) < 4.78 is 5.61. The van der Waals surface area contributed by atoms with E-state index in [1.807, 2.05) is 72.6 Å². The third-order valence-corrected chi connectivity index (χ3v) is 5.02. The van der Waals surface area contributed by atoms with Crippen LogP contribution in [0.2, 0.25) is 0 Å². The summed E-state index contributed by atoms with van der Waals surface area (Å²) in [7, 11) is 1.91. The number of hydrogen-bond acceptors (Lipinski definition) is 5. The summed E-state index contributed by atoms with van der Waals surface area (Å²) in [5.74, 6) is 0.951. The second-order valence-electron chi connectivity index (χ2n) is 7.04. The molecule has 1 saturated heterocycles. The number of anilines is 2. The summed E-state index contributed by atoms with van der Waals surface area (Å²) in [6.07, 6.45) is 3.70. The van der Waals surface area contributed by atoms with Crippen molar-refractivity contribution in [2.45, 2.75) is 18.9 Å². The molecule has 6 nitrogen and oxygen atoms in total. The molecular weight excluding hydrogens is 364 g/mol. The van der Waals surface area contributed by atoms with E-state index < -0.39 is 0 Å². The van der Waals surface area contributed by atoms with Crippen LogP contribution in [0.3, 0.4) is 0 Å². The van der Waals surface area contributed by atoms with Crippen LogP contribution in [0.25, 0.3) is 11.4 Å². The van der Waals surface area contributed by atoms with Crippen LogP contribution in [0.5, 0.6) is 0 Å². The van der Waals surface area contributed by atoms with E-state index in [1.165, 1.54) is 0 Å². The molecule has 0 spiro atoms. The number of ether oxygens (including phenoxy) is 1. The quantitative estimate of drug-likeness (QED) is 0.695. The maximum atomic E-state index is 12.9. The molecule has 1 aliphatic heterocycles. The van der Waals surface area contributed by atoms with Gasteiger partial charge < -0.3 is 15.0 Å².